The number of aromatic nitrogens is 1. The molecule has 0 aliphatic heterocycles. The van der Waals surface area contributed by atoms with Gasteiger partial charge in [-0.15, -0.1) is 0 Å². The summed E-state index contributed by atoms with van der Waals surface area (Å²) in [7, 11) is 0. The normalized spacial score (nSPS) is 17.9. The summed E-state index contributed by atoms with van der Waals surface area (Å²) in [6.45, 7) is 5.65. The predicted molar refractivity (Wildman–Crippen MR) is 124 cm³/mol. The third-order valence-corrected chi connectivity index (χ3v) is 5.70. The zero-order valence-corrected chi connectivity index (χ0v) is 19.2. The average Bonchev–Trinajstić information content (AvgIpc) is 3.28. The third kappa shape index (κ3) is 5.14. The number of aromatic amines is 1. The van der Waals surface area contributed by atoms with Crippen LogP contribution in [0.1, 0.15) is 48.3 Å². The lowest BCUT2D eigenvalue weighted by Crippen LogP contribution is -2.39. The zero-order chi connectivity index (χ0) is 22.9. The number of halogens is 1. The summed E-state index contributed by atoms with van der Waals surface area (Å²) in [5.74, 6) is -0.648. The van der Waals surface area contributed by atoms with Gasteiger partial charge in [-0.1, -0.05) is 35.9 Å². The molecule has 2 aromatic carbocycles. The summed E-state index contributed by atoms with van der Waals surface area (Å²) < 4.78 is 11.0. The van der Waals surface area contributed by atoms with Crippen LogP contribution in [-0.2, 0) is 20.7 Å². The third-order valence-electron chi connectivity index (χ3n) is 5.46. The molecule has 1 aromatic heterocycles. The fraction of sp³-hybridized carbons (Fsp3) is 0.360. The molecule has 2 atom stereocenters. The summed E-state index contributed by atoms with van der Waals surface area (Å²) in [6, 6.07) is 15.2. The van der Waals surface area contributed by atoms with E-state index in [2.05, 4.69) is 16.4 Å². The Hall–Kier alpha value is -2.83. The van der Waals surface area contributed by atoms with Crippen LogP contribution in [0.4, 0.5) is 0 Å². The molecule has 1 aliphatic rings. The number of amides is 1. The minimum absolute atomic E-state index is 0.0589. The minimum Gasteiger partial charge on any atom is -0.458 e. The first-order valence-electron chi connectivity index (χ1n) is 10.7. The molecule has 3 aromatic rings. The predicted octanol–water partition coefficient (Wildman–Crippen LogP) is 4.62. The van der Waals surface area contributed by atoms with Crippen LogP contribution in [0, 0.1) is 0 Å². The maximum absolute atomic E-state index is 13.0. The van der Waals surface area contributed by atoms with Crippen molar-refractivity contribution in [3.05, 3.63) is 70.4 Å². The first kappa shape index (κ1) is 22.4. The number of esters is 1. The second-order valence-corrected chi connectivity index (χ2v) is 9.54. The van der Waals surface area contributed by atoms with Crippen LogP contribution >= 0.6 is 11.6 Å². The lowest BCUT2D eigenvalue weighted by atomic mass is 9.99. The van der Waals surface area contributed by atoms with Crippen molar-refractivity contribution in [1.82, 2.24) is 10.3 Å². The van der Waals surface area contributed by atoms with Gasteiger partial charge in [0.25, 0.3) is 5.91 Å². The Balaban J connectivity index is 1.45. The Kier molecular flexibility index (Phi) is 6.26. The van der Waals surface area contributed by atoms with Crippen molar-refractivity contribution in [2.45, 2.75) is 44.8 Å². The largest absolute Gasteiger partial charge is 0.458 e. The number of H-pyrrole nitrogens is 1. The lowest BCUT2D eigenvalue weighted by molar-refractivity contribution is -0.160. The molecule has 1 amide bonds. The van der Waals surface area contributed by atoms with Crippen LogP contribution in [0.2, 0.25) is 5.02 Å². The highest BCUT2D eigenvalue weighted by atomic mass is 35.5. The van der Waals surface area contributed by atoms with Crippen molar-refractivity contribution in [3.63, 3.8) is 0 Å². The number of carbonyl (C=O) groups excluding carboxylic acids is 2. The number of benzene rings is 2. The highest BCUT2D eigenvalue weighted by Gasteiger charge is 2.34. The average molecular weight is 455 g/mol. The van der Waals surface area contributed by atoms with Gasteiger partial charge in [0.05, 0.1) is 6.61 Å². The van der Waals surface area contributed by atoms with Crippen LogP contribution in [0.15, 0.2) is 48.5 Å². The molecule has 0 fully saturated rings. The van der Waals surface area contributed by atoms with Gasteiger partial charge in [-0.3, -0.25) is 4.79 Å². The standard InChI is InChI=1S/C25H27ClN2O4/c1-25(2,3)32-23(29)14-31-13-19-18-7-5-4-6-15(18)11-21(19)28-24(30)22-12-16-10-17(26)8-9-20(16)27-22/h4-10,12,19,21,27H,11,13-14H2,1-3H3,(H,28,30)/t19-,21-/m1/s1. The molecule has 0 saturated carbocycles. The van der Waals surface area contributed by atoms with Gasteiger partial charge in [0, 0.05) is 27.9 Å². The zero-order valence-electron chi connectivity index (χ0n) is 18.4. The van der Waals surface area contributed by atoms with Gasteiger partial charge in [0.15, 0.2) is 0 Å². The number of rotatable bonds is 6. The van der Waals surface area contributed by atoms with E-state index in [1.165, 1.54) is 5.56 Å². The van der Waals surface area contributed by atoms with Gasteiger partial charge in [0.2, 0.25) is 0 Å². The molecule has 0 saturated heterocycles. The molecular weight excluding hydrogens is 428 g/mol. The second kappa shape index (κ2) is 8.96. The van der Waals surface area contributed by atoms with E-state index in [1.807, 2.05) is 51.1 Å². The molecule has 6 nitrogen and oxygen atoms in total. The molecule has 0 radical (unpaired) electrons. The van der Waals surface area contributed by atoms with E-state index in [9.17, 15) is 9.59 Å². The van der Waals surface area contributed by atoms with E-state index in [0.29, 0.717) is 23.7 Å². The number of nitrogens with one attached hydrogen (secondary N) is 2. The van der Waals surface area contributed by atoms with Gasteiger partial charge < -0.3 is 19.8 Å². The van der Waals surface area contributed by atoms with E-state index in [-0.39, 0.29) is 24.5 Å². The Labute approximate surface area is 192 Å². The van der Waals surface area contributed by atoms with Crippen molar-refractivity contribution < 1.29 is 19.1 Å². The molecule has 2 N–H and O–H groups in total. The summed E-state index contributed by atoms with van der Waals surface area (Å²) in [6.07, 6.45) is 0.703. The monoisotopic (exact) mass is 454 g/mol. The van der Waals surface area contributed by atoms with Gasteiger partial charge in [-0.05, 0) is 62.6 Å². The Morgan fingerprint density at radius 3 is 2.72 bits per heavy atom. The Bertz CT molecular complexity index is 1150. The first-order valence-corrected chi connectivity index (χ1v) is 11.0. The van der Waals surface area contributed by atoms with E-state index < -0.39 is 11.6 Å². The summed E-state index contributed by atoms with van der Waals surface area (Å²) in [4.78, 5) is 28.2. The van der Waals surface area contributed by atoms with Gasteiger partial charge in [-0.25, -0.2) is 4.79 Å². The van der Waals surface area contributed by atoms with Crippen LogP contribution in [0.5, 0.6) is 0 Å². The fourth-order valence-electron chi connectivity index (χ4n) is 4.15. The van der Waals surface area contributed by atoms with E-state index in [0.717, 1.165) is 16.5 Å². The summed E-state index contributed by atoms with van der Waals surface area (Å²) >= 11 is 6.06. The fourth-order valence-corrected chi connectivity index (χ4v) is 4.33. The highest BCUT2D eigenvalue weighted by molar-refractivity contribution is 6.31. The molecule has 0 unspecified atom stereocenters. The molecule has 0 bridgehead atoms. The molecule has 168 valence electrons. The molecule has 0 spiro atoms. The van der Waals surface area contributed by atoms with E-state index in [4.69, 9.17) is 21.1 Å². The molecule has 4 rings (SSSR count). The second-order valence-electron chi connectivity index (χ2n) is 9.11. The van der Waals surface area contributed by atoms with Crippen molar-refractivity contribution in [2.24, 2.45) is 0 Å². The van der Waals surface area contributed by atoms with Crippen molar-refractivity contribution in [2.75, 3.05) is 13.2 Å². The number of hydrogen-bond acceptors (Lipinski definition) is 4. The van der Waals surface area contributed by atoms with Crippen LogP contribution in [0.3, 0.4) is 0 Å². The number of carbonyl (C=O) groups is 2. The van der Waals surface area contributed by atoms with Crippen molar-refractivity contribution >= 4 is 34.4 Å². The molecule has 7 heteroatoms. The van der Waals surface area contributed by atoms with Crippen LogP contribution in [-0.4, -0.2) is 41.7 Å². The summed E-state index contributed by atoms with van der Waals surface area (Å²) in [5.41, 5.74) is 3.08. The van der Waals surface area contributed by atoms with Crippen LogP contribution in [0.25, 0.3) is 10.9 Å². The van der Waals surface area contributed by atoms with E-state index in [1.54, 1.807) is 12.1 Å². The van der Waals surface area contributed by atoms with Gasteiger partial charge >= 0.3 is 5.97 Å². The maximum atomic E-state index is 13.0. The smallest absolute Gasteiger partial charge is 0.332 e. The topological polar surface area (TPSA) is 80.4 Å². The Morgan fingerprint density at radius 2 is 1.94 bits per heavy atom. The number of ether oxygens (including phenoxy) is 2. The quantitative estimate of drug-likeness (QED) is 0.532. The number of fused-ring (bicyclic) bond motifs is 2. The van der Waals surface area contributed by atoms with Crippen LogP contribution < -0.4 is 5.32 Å². The van der Waals surface area contributed by atoms with Crippen molar-refractivity contribution in [3.8, 4) is 0 Å². The minimum atomic E-state index is -0.555. The molecular formula is C25H27ClN2O4. The molecule has 1 aliphatic carbocycles. The van der Waals surface area contributed by atoms with Crippen molar-refractivity contribution in [1.29, 1.82) is 0 Å². The van der Waals surface area contributed by atoms with E-state index >= 15 is 0 Å². The molecule has 32 heavy (non-hydrogen) atoms. The SMILES string of the molecule is CC(C)(C)OC(=O)COC[C@@H]1c2ccccc2C[C@H]1NC(=O)c1cc2cc(Cl)ccc2[nH]1. The summed E-state index contributed by atoms with van der Waals surface area (Å²) in [5, 5.41) is 4.65. The maximum Gasteiger partial charge on any atom is 0.332 e. The number of hydrogen-bond donors (Lipinski definition) is 2. The lowest BCUT2D eigenvalue weighted by Gasteiger charge is -2.23. The first-order chi connectivity index (χ1) is 15.2. The molecule has 1 heterocycles. The highest BCUT2D eigenvalue weighted by Crippen LogP contribution is 2.34. The van der Waals surface area contributed by atoms with Gasteiger partial charge in [0.1, 0.15) is 17.9 Å². The van der Waals surface area contributed by atoms with Gasteiger partial charge in [-0.2, -0.15) is 0 Å². The Morgan fingerprint density at radius 1 is 1.16 bits per heavy atom.